The van der Waals surface area contributed by atoms with Crippen molar-refractivity contribution in [2.24, 2.45) is 5.92 Å². The standard InChI is InChI=1S/C25H25N5O5/c1-33-22-12-19(7-8-20(22)23-14-27-15-34-23)30-24(31)29-18-4-2-3-16(11-18)13-28-25(32)35-21(9-10-26)17-5-6-17/h2-4,7-8,11-12,14-15,17,21H,5-6,9,13H2,1H3,(H,28,32)(H2,29,30,31). The summed E-state index contributed by atoms with van der Waals surface area (Å²) in [5.41, 5.74) is 2.58. The van der Waals surface area contributed by atoms with Gasteiger partial charge in [0, 0.05) is 24.0 Å². The summed E-state index contributed by atoms with van der Waals surface area (Å²) in [7, 11) is 1.53. The van der Waals surface area contributed by atoms with Gasteiger partial charge in [0.1, 0.15) is 11.9 Å². The molecule has 35 heavy (non-hydrogen) atoms. The molecule has 1 aliphatic carbocycles. The first-order valence-electron chi connectivity index (χ1n) is 11.1. The smallest absolute Gasteiger partial charge is 0.407 e. The van der Waals surface area contributed by atoms with Crippen LogP contribution in [0.25, 0.3) is 11.3 Å². The Kier molecular flexibility index (Phi) is 7.47. The first kappa shape index (κ1) is 23.6. The fraction of sp³-hybridized carbons (Fsp3) is 0.280. The molecule has 1 aliphatic rings. The third kappa shape index (κ3) is 6.51. The van der Waals surface area contributed by atoms with Gasteiger partial charge in [-0.15, -0.1) is 0 Å². The van der Waals surface area contributed by atoms with Crippen molar-refractivity contribution in [3.8, 4) is 23.1 Å². The van der Waals surface area contributed by atoms with E-state index in [0.29, 0.717) is 28.4 Å². The number of nitrogens with one attached hydrogen (secondary N) is 3. The molecule has 0 bridgehead atoms. The van der Waals surface area contributed by atoms with Crippen LogP contribution in [0.2, 0.25) is 0 Å². The first-order valence-corrected chi connectivity index (χ1v) is 11.1. The highest BCUT2D eigenvalue weighted by molar-refractivity contribution is 6.00. The van der Waals surface area contributed by atoms with Gasteiger partial charge in [-0.2, -0.15) is 5.26 Å². The third-order valence-corrected chi connectivity index (χ3v) is 5.48. The van der Waals surface area contributed by atoms with Gasteiger partial charge in [-0.05, 0) is 48.6 Å². The number of carbonyl (C=O) groups is 2. The number of benzene rings is 2. The summed E-state index contributed by atoms with van der Waals surface area (Å²) in [6.45, 7) is 0.222. The Morgan fingerprint density at radius 2 is 2.00 bits per heavy atom. The Bertz CT molecular complexity index is 1220. The van der Waals surface area contributed by atoms with E-state index < -0.39 is 12.1 Å². The summed E-state index contributed by atoms with van der Waals surface area (Å²) in [5.74, 6) is 1.36. The van der Waals surface area contributed by atoms with Gasteiger partial charge >= 0.3 is 12.1 Å². The molecule has 2 aromatic carbocycles. The monoisotopic (exact) mass is 475 g/mol. The molecule has 1 saturated carbocycles. The Hall–Kier alpha value is -4.52. The second-order valence-electron chi connectivity index (χ2n) is 8.06. The number of nitrogens with zero attached hydrogens (tertiary/aromatic N) is 2. The molecule has 0 saturated heterocycles. The quantitative estimate of drug-likeness (QED) is 0.399. The van der Waals surface area contributed by atoms with Gasteiger partial charge < -0.3 is 29.8 Å². The fourth-order valence-electron chi connectivity index (χ4n) is 3.59. The van der Waals surface area contributed by atoms with E-state index in [1.807, 2.05) is 6.07 Å². The number of alkyl carbamates (subject to hydrolysis) is 1. The summed E-state index contributed by atoms with van der Waals surface area (Å²) < 4.78 is 16.1. The number of ether oxygens (including phenoxy) is 2. The predicted molar refractivity (Wildman–Crippen MR) is 128 cm³/mol. The van der Waals surface area contributed by atoms with Crippen molar-refractivity contribution in [3.63, 3.8) is 0 Å². The molecule has 1 unspecified atom stereocenters. The SMILES string of the molecule is COc1cc(NC(=O)Nc2cccc(CNC(=O)OC(CC#N)C3CC3)c2)ccc1-c1cnco1. The summed E-state index contributed by atoms with van der Waals surface area (Å²) in [4.78, 5) is 28.5. The molecule has 10 nitrogen and oxygen atoms in total. The lowest BCUT2D eigenvalue weighted by Crippen LogP contribution is -2.29. The minimum absolute atomic E-state index is 0.196. The van der Waals surface area contributed by atoms with Crippen LogP contribution in [-0.4, -0.2) is 30.3 Å². The van der Waals surface area contributed by atoms with E-state index in [9.17, 15) is 9.59 Å². The first-order chi connectivity index (χ1) is 17.1. The van der Waals surface area contributed by atoms with Gasteiger partial charge in [0.05, 0.1) is 31.4 Å². The van der Waals surface area contributed by atoms with Crippen LogP contribution >= 0.6 is 0 Å². The van der Waals surface area contributed by atoms with Crippen LogP contribution in [0.15, 0.2) is 59.5 Å². The number of oxazole rings is 1. The number of hydrogen-bond donors (Lipinski definition) is 3. The number of anilines is 2. The highest BCUT2D eigenvalue weighted by atomic mass is 16.6. The molecule has 0 aliphatic heterocycles. The van der Waals surface area contributed by atoms with Crippen molar-refractivity contribution in [3.05, 3.63) is 60.6 Å². The van der Waals surface area contributed by atoms with Crippen molar-refractivity contribution in [1.82, 2.24) is 10.3 Å². The molecule has 3 N–H and O–H groups in total. The molecule has 3 amide bonds. The van der Waals surface area contributed by atoms with Crippen LogP contribution in [0, 0.1) is 17.2 Å². The lowest BCUT2D eigenvalue weighted by molar-refractivity contribution is 0.0873. The van der Waals surface area contributed by atoms with Gasteiger partial charge in [-0.25, -0.2) is 14.6 Å². The number of amides is 3. The number of carbonyl (C=O) groups excluding carboxylic acids is 2. The Morgan fingerprint density at radius 1 is 1.20 bits per heavy atom. The van der Waals surface area contributed by atoms with Crippen LogP contribution in [0.5, 0.6) is 5.75 Å². The average molecular weight is 476 g/mol. The Labute approximate surface area is 202 Å². The zero-order valence-electron chi connectivity index (χ0n) is 19.1. The van der Waals surface area contributed by atoms with Gasteiger partial charge in [0.25, 0.3) is 0 Å². The van der Waals surface area contributed by atoms with E-state index in [2.05, 4.69) is 27.0 Å². The molecule has 1 atom stereocenters. The van der Waals surface area contributed by atoms with Crippen molar-refractivity contribution >= 4 is 23.5 Å². The summed E-state index contributed by atoms with van der Waals surface area (Å²) in [5, 5.41) is 17.1. The van der Waals surface area contributed by atoms with Gasteiger partial charge in [-0.3, -0.25) is 0 Å². The van der Waals surface area contributed by atoms with Crippen molar-refractivity contribution in [2.75, 3.05) is 17.7 Å². The van der Waals surface area contributed by atoms with Crippen LogP contribution < -0.4 is 20.7 Å². The van der Waals surface area contributed by atoms with Gasteiger partial charge in [0.15, 0.2) is 12.2 Å². The van der Waals surface area contributed by atoms with E-state index in [0.717, 1.165) is 18.4 Å². The topological polar surface area (TPSA) is 139 Å². The predicted octanol–water partition coefficient (Wildman–Crippen LogP) is 4.91. The fourth-order valence-corrected chi connectivity index (χ4v) is 3.59. The summed E-state index contributed by atoms with van der Waals surface area (Å²) in [6, 6.07) is 13.9. The van der Waals surface area contributed by atoms with Crippen LogP contribution in [0.1, 0.15) is 24.8 Å². The molecule has 1 heterocycles. The van der Waals surface area contributed by atoms with E-state index in [-0.39, 0.29) is 25.0 Å². The van der Waals surface area contributed by atoms with Crippen molar-refractivity contribution in [2.45, 2.75) is 31.9 Å². The highest BCUT2D eigenvalue weighted by Gasteiger charge is 2.33. The lowest BCUT2D eigenvalue weighted by atomic mass is 10.1. The maximum Gasteiger partial charge on any atom is 0.407 e. The van der Waals surface area contributed by atoms with Gasteiger partial charge in [-0.1, -0.05) is 12.1 Å². The second kappa shape index (κ2) is 11.1. The minimum atomic E-state index is -0.559. The molecule has 1 fully saturated rings. The Morgan fingerprint density at radius 3 is 2.69 bits per heavy atom. The maximum absolute atomic E-state index is 12.5. The van der Waals surface area contributed by atoms with Crippen LogP contribution in [0.3, 0.4) is 0 Å². The largest absolute Gasteiger partial charge is 0.496 e. The molecule has 4 rings (SSSR count). The van der Waals surface area contributed by atoms with Crippen molar-refractivity contribution < 1.29 is 23.5 Å². The average Bonchev–Trinajstić information content (AvgIpc) is 3.56. The highest BCUT2D eigenvalue weighted by Crippen LogP contribution is 2.35. The summed E-state index contributed by atoms with van der Waals surface area (Å²) >= 11 is 0. The maximum atomic E-state index is 12.5. The molecular formula is C25H25N5O5. The zero-order valence-corrected chi connectivity index (χ0v) is 19.1. The van der Waals surface area contributed by atoms with E-state index >= 15 is 0 Å². The molecular weight excluding hydrogens is 450 g/mol. The van der Waals surface area contributed by atoms with E-state index in [1.165, 1.54) is 13.5 Å². The van der Waals surface area contributed by atoms with Crippen LogP contribution in [-0.2, 0) is 11.3 Å². The third-order valence-electron chi connectivity index (χ3n) is 5.48. The number of aromatic nitrogens is 1. The van der Waals surface area contributed by atoms with E-state index in [4.69, 9.17) is 19.2 Å². The molecule has 3 aromatic rings. The molecule has 0 spiro atoms. The van der Waals surface area contributed by atoms with E-state index in [1.54, 1.807) is 42.6 Å². The van der Waals surface area contributed by atoms with Gasteiger partial charge in [0.2, 0.25) is 0 Å². The number of hydrogen-bond acceptors (Lipinski definition) is 7. The number of rotatable bonds is 9. The molecule has 1 aromatic heterocycles. The van der Waals surface area contributed by atoms with Crippen molar-refractivity contribution in [1.29, 1.82) is 5.26 Å². The zero-order chi connectivity index (χ0) is 24.6. The molecule has 0 radical (unpaired) electrons. The normalized spacial score (nSPS) is 13.3. The number of urea groups is 1. The minimum Gasteiger partial charge on any atom is -0.496 e. The molecule has 10 heteroatoms. The lowest BCUT2D eigenvalue weighted by Gasteiger charge is -2.15. The second-order valence-corrected chi connectivity index (χ2v) is 8.06. The number of nitriles is 1. The van der Waals surface area contributed by atoms with Crippen LogP contribution in [0.4, 0.5) is 21.0 Å². The molecule has 180 valence electrons. The Balaban J connectivity index is 1.31. The summed E-state index contributed by atoms with van der Waals surface area (Å²) in [6.07, 6.45) is 4.15. The number of methoxy groups -OCH3 is 1.